The van der Waals surface area contributed by atoms with E-state index in [1.165, 1.54) is 0 Å². The fourth-order valence-electron chi connectivity index (χ4n) is 2.60. The highest BCUT2D eigenvalue weighted by atomic mass is 35.5. The van der Waals surface area contributed by atoms with Crippen molar-refractivity contribution in [3.63, 3.8) is 0 Å². The molecule has 1 aliphatic rings. The Kier molecular flexibility index (Phi) is 6.49. The van der Waals surface area contributed by atoms with Crippen LogP contribution in [-0.2, 0) is 0 Å². The molecule has 0 radical (unpaired) electrons. The molecule has 1 aliphatic heterocycles. The Morgan fingerprint density at radius 1 is 1.55 bits per heavy atom. The molecular formula is C14H24ClN3O2. The summed E-state index contributed by atoms with van der Waals surface area (Å²) >= 11 is 0. The summed E-state index contributed by atoms with van der Waals surface area (Å²) in [6.07, 6.45) is 3.02. The van der Waals surface area contributed by atoms with Crippen molar-refractivity contribution in [2.75, 3.05) is 20.1 Å². The van der Waals surface area contributed by atoms with Gasteiger partial charge in [0.05, 0.1) is 5.69 Å². The van der Waals surface area contributed by atoms with Crippen molar-refractivity contribution in [1.82, 2.24) is 15.4 Å². The van der Waals surface area contributed by atoms with Gasteiger partial charge in [0, 0.05) is 31.6 Å². The number of amides is 1. The maximum absolute atomic E-state index is 12.3. The number of nitrogens with zero attached hydrogens (tertiary/aromatic N) is 2. The van der Waals surface area contributed by atoms with Crippen molar-refractivity contribution in [3.8, 4) is 0 Å². The van der Waals surface area contributed by atoms with Crippen LogP contribution in [0.4, 0.5) is 0 Å². The number of hydrogen-bond donors (Lipinski definition) is 1. The summed E-state index contributed by atoms with van der Waals surface area (Å²) in [4.78, 5) is 14.1. The van der Waals surface area contributed by atoms with Gasteiger partial charge in [-0.1, -0.05) is 19.0 Å². The molecule has 1 fully saturated rings. The van der Waals surface area contributed by atoms with Crippen LogP contribution in [0, 0.1) is 0 Å². The van der Waals surface area contributed by atoms with E-state index in [9.17, 15) is 4.79 Å². The molecular weight excluding hydrogens is 278 g/mol. The predicted octanol–water partition coefficient (Wildman–Crippen LogP) is 2.43. The van der Waals surface area contributed by atoms with Gasteiger partial charge in [-0.15, -0.1) is 12.4 Å². The molecule has 1 atom stereocenters. The number of halogens is 1. The fourth-order valence-corrected chi connectivity index (χ4v) is 2.60. The van der Waals surface area contributed by atoms with Gasteiger partial charge >= 0.3 is 0 Å². The first-order valence-electron chi connectivity index (χ1n) is 7.11. The van der Waals surface area contributed by atoms with E-state index in [2.05, 4.69) is 24.3 Å². The summed E-state index contributed by atoms with van der Waals surface area (Å²) in [5.74, 6) is 0.665. The molecule has 114 valence electrons. The number of rotatable bonds is 5. The SMILES string of the molecule is CCC(CC)c1cc(C(=O)N(C)C2CCNC2)on1.Cl. The van der Waals surface area contributed by atoms with Crippen LogP contribution in [0.1, 0.15) is 55.3 Å². The van der Waals surface area contributed by atoms with Gasteiger partial charge in [-0.25, -0.2) is 0 Å². The molecule has 0 aromatic carbocycles. The number of likely N-dealkylation sites (N-methyl/N-ethyl adjacent to an activating group) is 1. The van der Waals surface area contributed by atoms with Crippen molar-refractivity contribution in [1.29, 1.82) is 0 Å². The summed E-state index contributed by atoms with van der Waals surface area (Å²) < 4.78 is 5.23. The molecule has 1 aromatic rings. The van der Waals surface area contributed by atoms with Crippen molar-refractivity contribution in [2.45, 2.75) is 45.1 Å². The Hall–Kier alpha value is -1.07. The van der Waals surface area contributed by atoms with Crippen molar-refractivity contribution in [3.05, 3.63) is 17.5 Å². The smallest absolute Gasteiger partial charge is 0.292 e. The van der Waals surface area contributed by atoms with E-state index in [1.54, 1.807) is 11.0 Å². The first kappa shape index (κ1) is 17.0. The van der Waals surface area contributed by atoms with Gasteiger partial charge in [-0.3, -0.25) is 4.79 Å². The van der Waals surface area contributed by atoms with Gasteiger partial charge in [-0.2, -0.15) is 0 Å². The highest BCUT2D eigenvalue weighted by Gasteiger charge is 2.27. The molecule has 1 N–H and O–H groups in total. The lowest BCUT2D eigenvalue weighted by Gasteiger charge is -2.22. The van der Waals surface area contributed by atoms with Gasteiger partial charge in [-0.05, 0) is 25.8 Å². The van der Waals surface area contributed by atoms with Crippen molar-refractivity contribution < 1.29 is 9.32 Å². The first-order chi connectivity index (χ1) is 9.17. The molecule has 2 heterocycles. The molecule has 20 heavy (non-hydrogen) atoms. The maximum atomic E-state index is 12.3. The summed E-state index contributed by atoms with van der Waals surface area (Å²) in [6, 6.07) is 2.06. The second-order valence-electron chi connectivity index (χ2n) is 5.19. The monoisotopic (exact) mass is 301 g/mol. The number of aromatic nitrogens is 1. The lowest BCUT2D eigenvalue weighted by molar-refractivity contribution is 0.0701. The molecule has 5 nitrogen and oxygen atoms in total. The van der Waals surface area contributed by atoms with Crippen LogP contribution in [0.15, 0.2) is 10.6 Å². The van der Waals surface area contributed by atoms with Gasteiger partial charge in [0.15, 0.2) is 0 Å². The van der Waals surface area contributed by atoms with Crippen LogP contribution in [-0.4, -0.2) is 42.1 Å². The lowest BCUT2D eigenvalue weighted by Crippen LogP contribution is -2.38. The van der Waals surface area contributed by atoms with E-state index in [-0.39, 0.29) is 24.4 Å². The van der Waals surface area contributed by atoms with Crippen LogP contribution in [0.3, 0.4) is 0 Å². The summed E-state index contributed by atoms with van der Waals surface area (Å²) in [5, 5.41) is 7.31. The third-order valence-corrected chi connectivity index (χ3v) is 4.05. The molecule has 0 aliphatic carbocycles. The van der Waals surface area contributed by atoms with E-state index in [0.29, 0.717) is 11.7 Å². The molecule has 1 saturated heterocycles. The largest absolute Gasteiger partial charge is 0.351 e. The van der Waals surface area contributed by atoms with Crippen LogP contribution < -0.4 is 5.32 Å². The Bertz CT molecular complexity index is 426. The molecule has 1 amide bonds. The second-order valence-corrected chi connectivity index (χ2v) is 5.19. The average Bonchev–Trinajstić information content (AvgIpc) is 3.10. The van der Waals surface area contributed by atoms with Crippen LogP contribution in [0.2, 0.25) is 0 Å². The zero-order chi connectivity index (χ0) is 13.8. The maximum Gasteiger partial charge on any atom is 0.292 e. The molecule has 0 bridgehead atoms. The van der Waals surface area contributed by atoms with Crippen molar-refractivity contribution in [2.24, 2.45) is 0 Å². The zero-order valence-electron chi connectivity index (χ0n) is 12.4. The first-order valence-corrected chi connectivity index (χ1v) is 7.11. The Morgan fingerprint density at radius 2 is 2.25 bits per heavy atom. The zero-order valence-corrected chi connectivity index (χ0v) is 13.2. The summed E-state index contributed by atoms with van der Waals surface area (Å²) in [5.41, 5.74) is 0.895. The number of carbonyl (C=O) groups excluding carboxylic acids is 1. The van der Waals surface area contributed by atoms with Gasteiger partial charge in [0.1, 0.15) is 0 Å². The predicted molar refractivity (Wildman–Crippen MR) is 80.4 cm³/mol. The van der Waals surface area contributed by atoms with E-state index < -0.39 is 0 Å². The number of nitrogens with one attached hydrogen (secondary N) is 1. The third kappa shape index (κ3) is 3.52. The quantitative estimate of drug-likeness (QED) is 0.907. The summed E-state index contributed by atoms with van der Waals surface area (Å²) in [6.45, 7) is 6.08. The Morgan fingerprint density at radius 3 is 2.80 bits per heavy atom. The summed E-state index contributed by atoms with van der Waals surface area (Å²) in [7, 11) is 1.83. The third-order valence-electron chi connectivity index (χ3n) is 4.05. The molecule has 6 heteroatoms. The van der Waals surface area contributed by atoms with E-state index in [0.717, 1.165) is 38.0 Å². The molecule has 1 aromatic heterocycles. The highest BCUT2D eigenvalue weighted by Crippen LogP contribution is 2.23. The number of carbonyl (C=O) groups is 1. The number of hydrogen-bond acceptors (Lipinski definition) is 4. The standard InChI is InChI=1S/C14H23N3O2.ClH/c1-4-10(5-2)12-8-13(19-16-12)14(18)17(3)11-6-7-15-9-11;/h8,10-11,15H,4-7,9H2,1-3H3;1H. The topological polar surface area (TPSA) is 58.4 Å². The second kappa shape index (κ2) is 7.64. The molecule has 1 unspecified atom stereocenters. The minimum Gasteiger partial charge on any atom is -0.351 e. The van der Waals surface area contributed by atoms with E-state index in [1.807, 2.05) is 7.05 Å². The van der Waals surface area contributed by atoms with Gasteiger partial charge in [0.2, 0.25) is 5.76 Å². The minimum atomic E-state index is -0.0709. The van der Waals surface area contributed by atoms with Crippen molar-refractivity contribution >= 4 is 18.3 Å². The minimum absolute atomic E-state index is 0. The Balaban J connectivity index is 0.00000200. The molecule has 0 spiro atoms. The molecule has 0 saturated carbocycles. The van der Waals surface area contributed by atoms with E-state index >= 15 is 0 Å². The van der Waals surface area contributed by atoms with Gasteiger partial charge in [0.25, 0.3) is 5.91 Å². The fraction of sp³-hybridized carbons (Fsp3) is 0.714. The van der Waals surface area contributed by atoms with Crippen LogP contribution >= 0.6 is 12.4 Å². The van der Waals surface area contributed by atoms with Gasteiger partial charge < -0.3 is 14.7 Å². The van der Waals surface area contributed by atoms with Crippen LogP contribution in [0.25, 0.3) is 0 Å². The average molecular weight is 302 g/mol. The molecule has 2 rings (SSSR count). The normalized spacial score (nSPS) is 18.1. The van der Waals surface area contributed by atoms with E-state index in [4.69, 9.17) is 4.52 Å². The van der Waals surface area contributed by atoms with Crippen LogP contribution in [0.5, 0.6) is 0 Å². The highest BCUT2D eigenvalue weighted by molar-refractivity contribution is 5.91. The lowest BCUT2D eigenvalue weighted by atomic mass is 9.99. The Labute approximate surface area is 126 Å².